The number of piperazine rings is 1. The fraction of sp³-hybridized carbons (Fsp3) is 0.556. The average Bonchev–Trinajstić information content (AvgIpc) is 3.07. The van der Waals surface area contributed by atoms with E-state index >= 15 is 0 Å². The van der Waals surface area contributed by atoms with E-state index in [1.165, 1.54) is 4.70 Å². The number of ether oxygens (including phenoxy) is 1. The third-order valence-corrected chi connectivity index (χ3v) is 6.00. The standard InChI is InChI=1S/C18H23N3O2S/c22-17(12-14-4-3-11-23-13-14)20-7-9-21(10-8-20)18-19-15-5-1-2-6-16(15)24-18/h1-2,5-6,14H,3-4,7-13H2. The van der Waals surface area contributed by atoms with E-state index in [1.54, 1.807) is 11.3 Å². The summed E-state index contributed by atoms with van der Waals surface area (Å²) in [6.45, 7) is 4.92. The minimum Gasteiger partial charge on any atom is -0.381 e. The molecule has 128 valence electrons. The highest BCUT2D eigenvalue weighted by atomic mass is 32.1. The molecule has 2 saturated heterocycles. The summed E-state index contributed by atoms with van der Waals surface area (Å²) in [5.41, 5.74) is 1.06. The lowest BCUT2D eigenvalue weighted by molar-refractivity contribution is -0.133. The zero-order valence-electron chi connectivity index (χ0n) is 13.8. The first-order valence-electron chi connectivity index (χ1n) is 8.75. The van der Waals surface area contributed by atoms with Crippen LogP contribution in [0.1, 0.15) is 19.3 Å². The van der Waals surface area contributed by atoms with Crippen LogP contribution in [0.15, 0.2) is 24.3 Å². The molecule has 1 atom stereocenters. The van der Waals surface area contributed by atoms with Crippen LogP contribution in [0.3, 0.4) is 0 Å². The predicted octanol–water partition coefficient (Wildman–Crippen LogP) is 2.76. The first-order chi connectivity index (χ1) is 11.8. The summed E-state index contributed by atoms with van der Waals surface area (Å²) in [6, 6.07) is 8.25. The van der Waals surface area contributed by atoms with Crippen LogP contribution in [0.2, 0.25) is 0 Å². The number of para-hydroxylation sites is 1. The van der Waals surface area contributed by atoms with Crippen LogP contribution in [0.25, 0.3) is 10.2 Å². The van der Waals surface area contributed by atoms with E-state index in [9.17, 15) is 4.79 Å². The van der Waals surface area contributed by atoms with Crippen LogP contribution in [0.4, 0.5) is 5.13 Å². The van der Waals surface area contributed by atoms with Crippen molar-refractivity contribution in [2.75, 3.05) is 44.3 Å². The summed E-state index contributed by atoms with van der Waals surface area (Å²) < 4.78 is 6.71. The summed E-state index contributed by atoms with van der Waals surface area (Å²) in [5, 5.41) is 1.07. The summed E-state index contributed by atoms with van der Waals surface area (Å²) in [4.78, 5) is 21.5. The fourth-order valence-corrected chi connectivity index (χ4v) is 4.50. The van der Waals surface area contributed by atoms with Gasteiger partial charge in [0.1, 0.15) is 0 Å². The van der Waals surface area contributed by atoms with Crippen LogP contribution in [-0.2, 0) is 9.53 Å². The van der Waals surface area contributed by atoms with Gasteiger partial charge in [0.15, 0.2) is 5.13 Å². The lowest BCUT2D eigenvalue weighted by Gasteiger charge is -2.35. The SMILES string of the molecule is O=C(CC1CCCOC1)N1CCN(c2nc3ccccc3s2)CC1. The molecule has 1 unspecified atom stereocenters. The lowest BCUT2D eigenvalue weighted by atomic mass is 9.98. The number of thiazole rings is 1. The van der Waals surface area contributed by atoms with Crippen LogP contribution in [-0.4, -0.2) is 55.2 Å². The summed E-state index contributed by atoms with van der Waals surface area (Å²) >= 11 is 1.74. The molecule has 0 spiro atoms. The molecule has 1 aromatic carbocycles. The Morgan fingerprint density at radius 3 is 2.83 bits per heavy atom. The number of hydrogen-bond acceptors (Lipinski definition) is 5. The number of rotatable bonds is 3. The Kier molecular flexibility index (Phi) is 4.67. The maximum Gasteiger partial charge on any atom is 0.223 e. The van der Waals surface area contributed by atoms with E-state index in [-0.39, 0.29) is 5.91 Å². The second kappa shape index (κ2) is 7.07. The van der Waals surface area contributed by atoms with Crippen molar-refractivity contribution in [3.63, 3.8) is 0 Å². The van der Waals surface area contributed by atoms with Crippen molar-refractivity contribution in [2.24, 2.45) is 5.92 Å². The van der Waals surface area contributed by atoms with Gasteiger partial charge < -0.3 is 14.5 Å². The topological polar surface area (TPSA) is 45.7 Å². The second-order valence-electron chi connectivity index (χ2n) is 6.62. The van der Waals surface area contributed by atoms with Crippen LogP contribution in [0.5, 0.6) is 0 Å². The highest BCUT2D eigenvalue weighted by Gasteiger charge is 2.25. The third kappa shape index (κ3) is 3.39. The number of carbonyl (C=O) groups excluding carboxylic acids is 1. The van der Waals surface area contributed by atoms with Gasteiger partial charge in [0.05, 0.1) is 10.2 Å². The van der Waals surface area contributed by atoms with Crippen LogP contribution < -0.4 is 4.90 Å². The number of nitrogens with zero attached hydrogens (tertiary/aromatic N) is 3. The molecule has 0 bridgehead atoms. The van der Waals surface area contributed by atoms with Crippen molar-refractivity contribution in [2.45, 2.75) is 19.3 Å². The van der Waals surface area contributed by atoms with E-state index in [0.29, 0.717) is 12.3 Å². The van der Waals surface area contributed by atoms with Gasteiger partial charge in [-0.15, -0.1) is 0 Å². The molecule has 0 radical (unpaired) electrons. The molecule has 2 aromatic rings. The van der Waals surface area contributed by atoms with E-state index in [2.05, 4.69) is 23.1 Å². The van der Waals surface area contributed by atoms with Crippen molar-refractivity contribution in [1.29, 1.82) is 0 Å². The summed E-state index contributed by atoms with van der Waals surface area (Å²) in [5.74, 6) is 0.697. The maximum atomic E-state index is 12.5. The van der Waals surface area contributed by atoms with Gasteiger partial charge in [-0.2, -0.15) is 0 Å². The average molecular weight is 345 g/mol. The van der Waals surface area contributed by atoms with Gasteiger partial charge in [0.2, 0.25) is 5.91 Å². The monoisotopic (exact) mass is 345 g/mol. The van der Waals surface area contributed by atoms with Crippen molar-refractivity contribution >= 4 is 32.6 Å². The predicted molar refractivity (Wildman–Crippen MR) is 96.6 cm³/mol. The molecule has 0 N–H and O–H groups in total. The number of fused-ring (bicyclic) bond motifs is 1. The van der Waals surface area contributed by atoms with Gasteiger partial charge in [-0.25, -0.2) is 4.98 Å². The first-order valence-corrected chi connectivity index (χ1v) is 9.57. The van der Waals surface area contributed by atoms with Gasteiger partial charge in [-0.3, -0.25) is 4.79 Å². The molecule has 2 aliphatic heterocycles. The zero-order valence-corrected chi connectivity index (χ0v) is 14.6. The molecule has 2 fully saturated rings. The Labute approximate surface area is 146 Å². The Morgan fingerprint density at radius 1 is 1.25 bits per heavy atom. The number of carbonyl (C=O) groups is 1. The zero-order chi connectivity index (χ0) is 16.4. The number of hydrogen-bond donors (Lipinski definition) is 0. The molecular formula is C18H23N3O2S. The maximum absolute atomic E-state index is 12.5. The first kappa shape index (κ1) is 15.8. The molecule has 24 heavy (non-hydrogen) atoms. The van der Waals surface area contributed by atoms with E-state index < -0.39 is 0 Å². The summed E-state index contributed by atoms with van der Waals surface area (Å²) in [6.07, 6.45) is 2.85. The summed E-state index contributed by atoms with van der Waals surface area (Å²) in [7, 11) is 0. The van der Waals surface area contributed by atoms with Crippen molar-refractivity contribution in [3.8, 4) is 0 Å². The molecule has 5 nitrogen and oxygen atoms in total. The molecule has 2 aliphatic rings. The van der Waals surface area contributed by atoms with Gasteiger partial charge in [-0.1, -0.05) is 23.5 Å². The lowest BCUT2D eigenvalue weighted by Crippen LogP contribution is -2.49. The van der Waals surface area contributed by atoms with E-state index in [4.69, 9.17) is 9.72 Å². The Morgan fingerprint density at radius 2 is 2.08 bits per heavy atom. The van der Waals surface area contributed by atoms with Crippen molar-refractivity contribution in [1.82, 2.24) is 9.88 Å². The number of amides is 1. The normalized spacial score (nSPS) is 22.1. The Bertz CT molecular complexity index is 670. The molecule has 0 aliphatic carbocycles. The minimum atomic E-state index is 0.287. The van der Waals surface area contributed by atoms with E-state index in [1.807, 2.05) is 11.0 Å². The van der Waals surface area contributed by atoms with Gasteiger partial charge >= 0.3 is 0 Å². The smallest absolute Gasteiger partial charge is 0.223 e. The largest absolute Gasteiger partial charge is 0.381 e. The van der Waals surface area contributed by atoms with Gasteiger partial charge in [-0.05, 0) is 30.9 Å². The van der Waals surface area contributed by atoms with Crippen LogP contribution in [0, 0.1) is 5.92 Å². The molecule has 6 heteroatoms. The third-order valence-electron chi connectivity index (χ3n) is 4.90. The van der Waals surface area contributed by atoms with Crippen LogP contribution >= 0.6 is 11.3 Å². The highest BCUT2D eigenvalue weighted by Crippen LogP contribution is 2.29. The quantitative estimate of drug-likeness (QED) is 0.858. The number of anilines is 1. The fourth-order valence-electron chi connectivity index (χ4n) is 3.49. The molecule has 1 aromatic heterocycles. The van der Waals surface area contributed by atoms with Crippen molar-refractivity contribution in [3.05, 3.63) is 24.3 Å². The Hall–Kier alpha value is -1.66. The minimum absolute atomic E-state index is 0.287. The molecule has 4 rings (SSSR count). The second-order valence-corrected chi connectivity index (χ2v) is 7.63. The van der Waals surface area contributed by atoms with Gasteiger partial charge in [0, 0.05) is 45.8 Å². The number of aromatic nitrogens is 1. The Balaban J connectivity index is 1.33. The molecular weight excluding hydrogens is 322 g/mol. The van der Waals surface area contributed by atoms with Crippen molar-refractivity contribution < 1.29 is 9.53 Å². The van der Waals surface area contributed by atoms with Gasteiger partial charge in [0.25, 0.3) is 0 Å². The van der Waals surface area contributed by atoms with E-state index in [0.717, 1.165) is 62.9 Å². The molecule has 1 amide bonds. The highest BCUT2D eigenvalue weighted by molar-refractivity contribution is 7.22. The molecule has 0 saturated carbocycles. The number of benzene rings is 1. The molecule has 3 heterocycles.